The number of benzene rings is 2. The summed E-state index contributed by atoms with van der Waals surface area (Å²) in [6.07, 6.45) is 4.38. The number of hydrogen-bond acceptors (Lipinski definition) is 1. The van der Waals surface area contributed by atoms with E-state index in [1.54, 1.807) is 0 Å². The van der Waals surface area contributed by atoms with E-state index in [-0.39, 0.29) is 0 Å². The molecule has 1 atom stereocenters. The standard InChI is InChI=1S/C21H26N2/c1-3-16-9-11-17(12-10-16)18(14-22)13-19-15-23(4-2)21-8-6-5-7-20(19)21/h5-12,15,18H,3-4,13-14,22H2,1-2H3. The molecule has 0 fully saturated rings. The Labute approximate surface area is 138 Å². The zero-order chi connectivity index (χ0) is 16.2. The summed E-state index contributed by atoms with van der Waals surface area (Å²) in [6.45, 7) is 6.06. The number of fused-ring (bicyclic) bond motifs is 1. The van der Waals surface area contributed by atoms with E-state index in [1.165, 1.54) is 27.6 Å². The number of nitrogens with zero attached hydrogens (tertiary/aromatic N) is 1. The molecule has 23 heavy (non-hydrogen) atoms. The molecule has 1 heterocycles. The van der Waals surface area contributed by atoms with Gasteiger partial charge in [0.15, 0.2) is 0 Å². The first-order valence-electron chi connectivity index (χ1n) is 8.62. The number of rotatable bonds is 6. The fraction of sp³-hybridized carbons (Fsp3) is 0.333. The van der Waals surface area contributed by atoms with Crippen molar-refractivity contribution in [3.63, 3.8) is 0 Å². The minimum absolute atomic E-state index is 0.372. The summed E-state index contributed by atoms with van der Waals surface area (Å²) in [4.78, 5) is 0. The SMILES string of the molecule is CCc1ccc(C(CN)Cc2cn(CC)c3ccccc23)cc1. The van der Waals surface area contributed by atoms with Crippen LogP contribution < -0.4 is 5.73 Å². The highest BCUT2D eigenvalue weighted by atomic mass is 14.9. The van der Waals surface area contributed by atoms with Gasteiger partial charge in [0, 0.05) is 29.6 Å². The summed E-state index contributed by atoms with van der Waals surface area (Å²) in [5, 5.41) is 1.36. The van der Waals surface area contributed by atoms with Crippen LogP contribution in [-0.2, 0) is 19.4 Å². The number of nitrogens with two attached hydrogens (primary N) is 1. The van der Waals surface area contributed by atoms with Gasteiger partial charge in [-0.25, -0.2) is 0 Å². The van der Waals surface area contributed by atoms with Gasteiger partial charge in [-0.05, 0) is 49.1 Å². The second-order valence-electron chi connectivity index (χ2n) is 6.19. The Morgan fingerprint density at radius 3 is 2.39 bits per heavy atom. The molecule has 0 aliphatic carbocycles. The smallest absolute Gasteiger partial charge is 0.0483 e. The van der Waals surface area contributed by atoms with Gasteiger partial charge in [-0.3, -0.25) is 0 Å². The lowest BCUT2D eigenvalue weighted by molar-refractivity contribution is 0.692. The first kappa shape index (κ1) is 15.8. The molecule has 2 N–H and O–H groups in total. The molecule has 2 heteroatoms. The lowest BCUT2D eigenvalue weighted by Gasteiger charge is -2.15. The van der Waals surface area contributed by atoms with Crippen molar-refractivity contribution in [2.45, 2.75) is 39.2 Å². The molecular formula is C21H26N2. The van der Waals surface area contributed by atoms with Gasteiger partial charge in [0.1, 0.15) is 0 Å². The van der Waals surface area contributed by atoms with Crippen molar-refractivity contribution < 1.29 is 0 Å². The molecule has 0 radical (unpaired) electrons. The Hall–Kier alpha value is -2.06. The van der Waals surface area contributed by atoms with Crippen LogP contribution in [-0.4, -0.2) is 11.1 Å². The zero-order valence-corrected chi connectivity index (χ0v) is 14.1. The molecule has 2 nitrogen and oxygen atoms in total. The lowest BCUT2D eigenvalue weighted by Crippen LogP contribution is -2.15. The predicted octanol–water partition coefficient (Wildman–Crippen LogP) is 4.51. The van der Waals surface area contributed by atoms with Gasteiger partial charge in [-0.2, -0.15) is 0 Å². The molecule has 3 aromatic rings. The fourth-order valence-electron chi connectivity index (χ4n) is 3.38. The van der Waals surface area contributed by atoms with Gasteiger partial charge in [0.25, 0.3) is 0 Å². The average molecular weight is 306 g/mol. The van der Waals surface area contributed by atoms with E-state index in [0.29, 0.717) is 12.5 Å². The Morgan fingerprint density at radius 2 is 1.74 bits per heavy atom. The summed E-state index contributed by atoms with van der Waals surface area (Å²) in [5.74, 6) is 0.372. The molecule has 0 aliphatic rings. The third-order valence-electron chi connectivity index (χ3n) is 4.82. The monoisotopic (exact) mass is 306 g/mol. The molecule has 0 aliphatic heterocycles. The molecule has 2 aromatic carbocycles. The summed E-state index contributed by atoms with van der Waals surface area (Å²) < 4.78 is 2.33. The number of hydrogen-bond donors (Lipinski definition) is 1. The molecule has 0 spiro atoms. The molecule has 3 rings (SSSR count). The highest BCUT2D eigenvalue weighted by Crippen LogP contribution is 2.27. The average Bonchev–Trinajstić information content (AvgIpc) is 2.97. The van der Waals surface area contributed by atoms with Crippen molar-refractivity contribution in [2.75, 3.05) is 6.54 Å². The van der Waals surface area contributed by atoms with E-state index < -0.39 is 0 Å². The quantitative estimate of drug-likeness (QED) is 0.714. The van der Waals surface area contributed by atoms with Crippen LogP contribution in [0.25, 0.3) is 10.9 Å². The zero-order valence-electron chi connectivity index (χ0n) is 14.1. The van der Waals surface area contributed by atoms with Gasteiger partial charge < -0.3 is 10.3 Å². The highest BCUT2D eigenvalue weighted by molar-refractivity contribution is 5.84. The highest BCUT2D eigenvalue weighted by Gasteiger charge is 2.15. The minimum Gasteiger partial charge on any atom is -0.347 e. The van der Waals surface area contributed by atoms with Crippen LogP contribution in [0, 0.1) is 0 Å². The van der Waals surface area contributed by atoms with Gasteiger partial charge >= 0.3 is 0 Å². The third kappa shape index (κ3) is 3.18. The van der Waals surface area contributed by atoms with Crippen molar-refractivity contribution in [1.29, 1.82) is 0 Å². The molecule has 120 valence electrons. The Bertz CT molecular complexity index is 768. The Balaban J connectivity index is 1.92. The van der Waals surface area contributed by atoms with Crippen molar-refractivity contribution >= 4 is 10.9 Å². The van der Waals surface area contributed by atoms with E-state index in [0.717, 1.165) is 19.4 Å². The predicted molar refractivity (Wildman–Crippen MR) is 98.9 cm³/mol. The lowest BCUT2D eigenvalue weighted by atomic mass is 9.91. The largest absolute Gasteiger partial charge is 0.347 e. The van der Waals surface area contributed by atoms with E-state index >= 15 is 0 Å². The third-order valence-corrected chi connectivity index (χ3v) is 4.82. The van der Waals surface area contributed by atoms with Crippen LogP contribution >= 0.6 is 0 Å². The van der Waals surface area contributed by atoms with Crippen molar-refractivity contribution in [2.24, 2.45) is 5.73 Å². The van der Waals surface area contributed by atoms with E-state index in [1.807, 2.05) is 0 Å². The molecule has 0 amide bonds. The van der Waals surface area contributed by atoms with E-state index in [2.05, 4.69) is 73.1 Å². The van der Waals surface area contributed by atoms with Crippen molar-refractivity contribution in [3.05, 3.63) is 71.4 Å². The first-order chi connectivity index (χ1) is 11.3. The van der Waals surface area contributed by atoms with Gasteiger partial charge in [-0.15, -0.1) is 0 Å². The number of aryl methyl sites for hydroxylation is 2. The van der Waals surface area contributed by atoms with Crippen LogP contribution in [0.4, 0.5) is 0 Å². The maximum atomic E-state index is 6.10. The van der Waals surface area contributed by atoms with Crippen LogP contribution in [0.2, 0.25) is 0 Å². The second kappa shape index (κ2) is 7.01. The van der Waals surface area contributed by atoms with Crippen LogP contribution in [0.5, 0.6) is 0 Å². The van der Waals surface area contributed by atoms with Crippen LogP contribution in [0.3, 0.4) is 0 Å². The van der Waals surface area contributed by atoms with Crippen LogP contribution in [0.15, 0.2) is 54.7 Å². The summed E-state index contributed by atoms with van der Waals surface area (Å²) >= 11 is 0. The fourth-order valence-corrected chi connectivity index (χ4v) is 3.38. The molecule has 0 saturated carbocycles. The molecule has 0 bridgehead atoms. The maximum absolute atomic E-state index is 6.10. The Morgan fingerprint density at radius 1 is 1.00 bits per heavy atom. The summed E-state index contributed by atoms with van der Waals surface area (Å²) in [5.41, 5.74) is 11.5. The normalized spacial score (nSPS) is 12.7. The van der Waals surface area contributed by atoms with Gasteiger partial charge in [0.05, 0.1) is 0 Å². The van der Waals surface area contributed by atoms with Gasteiger partial charge in [-0.1, -0.05) is 49.4 Å². The van der Waals surface area contributed by atoms with E-state index in [9.17, 15) is 0 Å². The summed E-state index contributed by atoms with van der Waals surface area (Å²) in [7, 11) is 0. The molecule has 0 saturated heterocycles. The van der Waals surface area contributed by atoms with Crippen LogP contribution in [0.1, 0.15) is 36.5 Å². The van der Waals surface area contributed by atoms with E-state index in [4.69, 9.17) is 5.73 Å². The Kier molecular flexibility index (Phi) is 4.82. The summed E-state index contributed by atoms with van der Waals surface area (Å²) in [6, 6.07) is 17.6. The maximum Gasteiger partial charge on any atom is 0.0483 e. The minimum atomic E-state index is 0.372. The molecule has 1 unspecified atom stereocenters. The molecular weight excluding hydrogens is 280 g/mol. The van der Waals surface area contributed by atoms with Crippen molar-refractivity contribution in [3.8, 4) is 0 Å². The number of aromatic nitrogens is 1. The van der Waals surface area contributed by atoms with Gasteiger partial charge in [0.2, 0.25) is 0 Å². The van der Waals surface area contributed by atoms with Crippen molar-refractivity contribution in [1.82, 2.24) is 4.57 Å². The molecule has 1 aromatic heterocycles. The first-order valence-corrected chi connectivity index (χ1v) is 8.62. The number of para-hydroxylation sites is 1. The topological polar surface area (TPSA) is 30.9 Å². The second-order valence-corrected chi connectivity index (χ2v) is 6.19.